The lowest BCUT2D eigenvalue weighted by Gasteiger charge is -2.25. The molecule has 0 aromatic rings. The minimum Gasteiger partial charge on any atom is -0.358 e. The van der Waals surface area contributed by atoms with E-state index in [4.69, 9.17) is 10.1 Å². The van der Waals surface area contributed by atoms with E-state index >= 15 is 0 Å². The minimum atomic E-state index is -0.664. The molecule has 0 bridgehead atoms. The van der Waals surface area contributed by atoms with Gasteiger partial charge in [0, 0.05) is 13.2 Å². The largest absolute Gasteiger partial charge is 0.358 e. The lowest BCUT2D eigenvalue weighted by atomic mass is 9.92. The van der Waals surface area contributed by atoms with Gasteiger partial charge >= 0.3 is 0 Å². The molecule has 0 aromatic carbocycles. The van der Waals surface area contributed by atoms with Crippen LogP contribution in [-0.4, -0.2) is 41.5 Å². The molecule has 22 heavy (non-hydrogen) atoms. The third-order valence-corrected chi connectivity index (χ3v) is 5.37. The minimum absolute atomic E-state index is 0.0878. The van der Waals surface area contributed by atoms with Crippen LogP contribution in [-0.2, 0) is 4.74 Å². The first-order chi connectivity index (χ1) is 9.97. The summed E-state index contributed by atoms with van der Waals surface area (Å²) in [5.74, 6) is 0.569. The van der Waals surface area contributed by atoms with Crippen molar-refractivity contribution in [2.45, 2.75) is 58.8 Å². The average Bonchev–Trinajstić information content (AvgIpc) is 2.89. The normalized spacial score (nSPS) is 33.9. The molecule has 1 saturated carbocycles. The van der Waals surface area contributed by atoms with Crippen LogP contribution >= 0.6 is 0 Å². The molecule has 0 aromatic heterocycles. The molecule has 1 fully saturated rings. The van der Waals surface area contributed by atoms with E-state index in [1.165, 1.54) is 0 Å². The maximum atomic E-state index is 8.38. The lowest BCUT2D eigenvalue weighted by molar-refractivity contribution is -0.484. The third kappa shape index (κ3) is 2.04. The van der Waals surface area contributed by atoms with E-state index in [1.54, 1.807) is 17.8 Å². The number of amidine groups is 1. The number of ether oxygens (including phenoxy) is 1. The van der Waals surface area contributed by atoms with Crippen LogP contribution in [0.2, 0.25) is 0 Å². The third-order valence-electron chi connectivity index (χ3n) is 5.37. The Bertz CT molecular complexity index is 522. The van der Waals surface area contributed by atoms with E-state index in [-0.39, 0.29) is 12.0 Å². The number of nitrogens with one attached hydrogen (secondary N) is 2. The molecule has 1 aliphatic rings. The Morgan fingerprint density at radius 3 is 2.09 bits per heavy atom. The zero-order valence-corrected chi connectivity index (χ0v) is 15.2. The van der Waals surface area contributed by atoms with Crippen molar-refractivity contribution in [1.29, 1.82) is 5.41 Å². The Kier molecular flexibility index (Phi) is 4.91. The quantitative estimate of drug-likeness (QED) is 0.249. The van der Waals surface area contributed by atoms with Crippen molar-refractivity contribution in [3.8, 4) is 0 Å². The van der Waals surface area contributed by atoms with Gasteiger partial charge in [-0.1, -0.05) is 33.1 Å². The Morgan fingerprint density at radius 1 is 1.27 bits per heavy atom. The summed E-state index contributed by atoms with van der Waals surface area (Å²) < 4.78 is 7.75. The molecule has 0 radical (unpaired) electrons. The van der Waals surface area contributed by atoms with Gasteiger partial charge in [0.05, 0.1) is 18.1 Å². The molecule has 0 aliphatic heterocycles. The molecule has 4 heteroatoms. The van der Waals surface area contributed by atoms with E-state index in [2.05, 4.69) is 52.9 Å². The summed E-state index contributed by atoms with van der Waals surface area (Å²) >= 11 is 0. The van der Waals surface area contributed by atoms with Crippen LogP contribution in [0.5, 0.6) is 0 Å². The highest BCUT2D eigenvalue weighted by Crippen LogP contribution is 2.70. The fraction of sp³-hybridized carbons (Fsp3) is 0.667. The van der Waals surface area contributed by atoms with Crippen LogP contribution in [0.3, 0.4) is 0 Å². The van der Waals surface area contributed by atoms with Gasteiger partial charge in [0.25, 0.3) is 5.84 Å². The molecule has 0 amide bonds. The van der Waals surface area contributed by atoms with E-state index in [0.717, 1.165) is 5.57 Å². The Balaban J connectivity index is 3.47. The molecule has 2 N–H and O–H groups in total. The van der Waals surface area contributed by atoms with Crippen LogP contribution in [0.15, 0.2) is 24.8 Å². The number of hydrogen-bond donors (Lipinski definition) is 2. The molecule has 1 aliphatic carbocycles. The van der Waals surface area contributed by atoms with Crippen molar-refractivity contribution in [1.82, 2.24) is 5.32 Å². The monoisotopic (exact) mass is 306 g/mol. The molecule has 3 atom stereocenters. The predicted octanol–water partition coefficient (Wildman–Crippen LogP) is 3.19. The molecular weight excluding hydrogens is 274 g/mol. The zero-order chi connectivity index (χ0) is 17.5. The van der Waals surface area contributed by atoms with Crippen molar-refractivity contribution in [2.24, 2.45) is 11.3 Å². The molecule has 0 spiro atoms. The summed E-state index contributed by atoms with van der Waals surface area (Å²) in [6, 6.07) is 0.223. The first kappa shape index (κ1) is 18.8. The Hall–Kier alpha value is -1.26. The second-order valence-corrected chi connectivity index (χ2v) is 7.08. The second kappa shape index (κ2) is 5.74. The number of allylic oxidation sites excluding steroid dienone is 1. The second-order valence-electron chi connectivity index (χ2n) is 7.08. The van der Waals surface area contributed by atoms with Gasteiger partial charge in [0.2, 0.25) is 0 Å². The summed E-state index contributed by atoms with van der Waals surface area (Å²) in [5, 5.41) is 11.9. The number of methoxy groups -OCH3 is 1. The standard InChI is InChI=1S/C18H32N3O/c1-11-14(6)16(7)17(8,21(9)15(19)12(2)3)18(16,22-10)20-13(4)5/h11-13,19-20H,1,6,9H2,2-5,7-8,10H3/q+1. The van der Waals surface area contributed by atoms with Gasteiger partial charge in [-0.05, 0) is 33.3 Å². The number of hydrogen-bond acceptors (Lipinski definition) is 3. The topological polar surface area (TPSA) is 48.1 Å². The van der Waals surface area contributed by atoms with Crippen molar-refractivity contribution < 1.29 is 9.31 Å². The summed E-state index contributed by atoms with van der Waals surface area (Å²) in [6.07, 6.45) is 1.77. The lowest BCUT2D eigenvalue weighted by Crippen LogP contribution is -2.50. The maximum absolute atomic E-state index is 8.38. The first-order valence-electron chi connectivity index (χ1n) is 7.81. The van der Waals surface area contributed by atoms with Gasteiger partial charge in [-0.2, -0.15) is 0 Å². The van der Waals surface area contributed by atoms with Crippen LogP contribution in [0.4, 0.5) is 0 Å². The SMILES string of the molecule is C=CC(=C)C1(C)C(NC(C)C)(OC)C1(C)[N+](=C)C(=N)C(C)C. The van der Waals surface area contributed by atoms with E-state index in [1.807, 2.05) is 13.8 Å². The van der Waals surface area contributed by atoms with Crippen LogP contribution in [0.25, 0.3) is 0 Å². The molecule has 1 rings (SSSR count). The van der Waals surface area contributed by atoms with Crippen molar-refractivity contribution in [3.05, 3.63) is 24.8 Å². The van der Waals surface area contributed by atoms with Crippen LogP contribution < -0.4 is 5.32 Å². The molecular formula is C18H32N3O+. The average molecular weight is 306 g/mol. The van der Waals surface area contributed by atoms with Gasteiger partial charge in [0.15, 0.2) is 11.3 Å². The first-order valence-corrected chi connectivity index (χ1v) is 7.81. The van der Waals surface area contributed by atoms with E-state index in [0.29, 0.717) is 5.84 Å². The van der Waals surface area contributed by atoms with Crippen molar-refractivity contribution in [2.75, 3.05) is 7.11 Å². The Labute approximate surface area is 135 Å². The van der Waals surface area contributed by atoms with Crippen molar-refractivity contribution >= 4 is 12.6 Å². The van der Waals surface area contributed by atoms with Gasteiger partial charge in [-0.15, -0.1) is 5.41 Å². The molecule has 124 valence electrons. The Morgan fingerprint density at radius 2 is 1.77 bits per heavy atom. The molecule has 0 heterocycles. The maximum Gasteiger partial charge on any atom is 0.292 e. The van der Waals surface area contributed by atoms with Crippen molar-refractivity contribution in [3.63, 3.8) is 0 Å². The summed E-state index contributed by atoms with van der Waals surface area (Å²) in [6.45, 7) is 24.5. The van der Waals surface area contributed by atoms with Gasteiger partial charge in [-0.25, -0.2) is 4.58 Å². The summed E-state index contributed by atoms with van der Waals surface area (Å²) in [5.41, 5.74) is -0.729. The zero-order valence-electron chi connectivity index (χ0n) is 15.2. The smallest absolute Gasteiger partial charge is 0.292 e. The summed E-state index contributed by atoms with van der Waals surface area (Å²) in [7, 11) is 1.70. The highest BCUT2D eigenvalue weighted by Gasteiger charge is 2.89. The van der Waals surface area contributed by atoms with Gasteiger partial charge in [-0.3, -0.25) is 5.32 Å². The highest BCUT2D eigenvalue weighted by molar-refractivity contribution is 5.75. The molecule has 4 nitrogen and oxygen atoms in total. The highest BCUT2D eigenvalue weighted by atomic mass is 16.5. The predicted molar refractivity (Wildman–Crippen MR) is 93.8 cm³/mol. The van der Waals surface area contributed by atoms with Crippen LogP contribution in [0, 0.1) is 16.7 Å². The van der Waals surface area contributed by atoms with Gasteiger partial charge in [0.1, 0.15) is 0 Å². The summed E-state index contributed by atoms with van der Waals surface area (Å²) in [4.78, 5) is 0. The van der Waals surface area contributed by atoms with E-state index in [9.17, 15) is 0 Å². The number of nitrogens with zero attached hydrogens (tertiary/aromatic N) is 1. The molecule has 0 saturated heterocycles. The fourth-order valence-corrected chi connectivity index (χ4v) is 3.76. The van der Waals surface area contributed by atoms with Crippen LogP contribution in [0.1, 0.15) is 41.5 Å². The fourth-order valence-electron chi connectivity index (χ4n) is 3.76. The van der Waals surface area contributed by atoms with Gasteiger partial charge < -0.3 is 4.74 Å². The number of rotatable bonds is 7. The molecule has 3 unspecified atom stereocenters. The van der Waals surface area contributed by atoms with E-state index < -0.39 is 16.7 Å².